The van der Waals surface area contributed by atoms with Gasteiger partial charge < -0.3 is 5.32 Å². The van der Waals surface area contributed by atoms with Crippen molar-refractivity contribution in [1.29, 1.82) is 0 Å². The monoisotopic (exact) mass is 220 g/mol. The van der Waals surface area contributed by atoms with Crippen molar-refractivity contribution in [3.8, 4) is 0 Å². The molecule has 3 heteroatoms. The lowest BCUT2D eigenvalue weighted by Gasteiger charge is -2.14. The number of halogens is 1. The van der Waals surface area contributed by atoms with Gasteiger partial charge >= 0.3 is 0 Å². The molecular formula is C12H13ClN2. The second-order valence-corrected chi connectivity index (χ2v) is 4.63. The zero-order chi connectivity index (χ0) is 10.3. The van der Waals surface area contributed by atoms with Crippen LogP contribution in [0.15, 0.2) is 24.4 Å². The number of nitrogens with zero attached hydrogens (tertiary/aromatic N) is 1. The van der Waals surface area contributed by atoms with Crippen LogP contribution in [-0.4, -0.2) is 17.6 Å². The molecule has 1 saturated heterocycles. The minimum Gasteiger partial charge on any atom is -0.310 e. The fourth-order valence-corrected chi connectivity index (χ4v) is 2.74. The van der Waals surface area contributed by atoms with Crippen LogP contribution >= 0.6 is 11.6 Å². The van der Waals surface area contributed by atoms with E-state index >= 15 is 0 Å². The molecule has 1 aliphatic heterocycles. The van der Waals surface area contributed by atoms with Crippen LogP contribution in [0.5, 0.6) is 0 Å². The lowest BCUT2D eigenvalue weighted by atomic mass is 9.97. The van der Waals surface area contributed by atoms with Gasteiger partial charge in [-0.3, -0.25) is 0 Å². The van der Waals surface area contributed by atoms with Crippen molar-refractivity contribution in [3.63, 3.8) is 0 Å². The molecule has 0 saturated carbocycles. The number of hydrogen-bond acceptors (Lipinski definition) is 2. The van der Waals surface area contributed by atoms with Crippen LogP contribution in [0.3, 0.4) is 0 Å². The molecule has 3 rings (SSSR count). The molecule has 1 fully saturated rings. The first kappa shape index (κ1) is 9.37. The molecule has 1 aromatic rings. The highest BCUT2D eigenvalue weighted by atomic mass is 35.5. The zero-order valence-electron chi connectivity index (χ0n) is 8.41. The molecule has 0 bridgehead atoms. The maximum Gasteiger partial charge on any atom is 0.129 e. The minimum absolute atomic E-state index is 0.549. The van der Waals surface area contributed by atoms with Crippen molar-refractivity contribution >= 4 is 17.2 Å². The van der Waals surface area contributed by atoms with Gasteiger partial charge in [0, 0.05) is 12.2 Å². The van der Waals surface area contributed by atoms with E-state index in [4.69, 9.17) is 11.6 Å². The Morgan fingerprint density at radius 2 is 2.33 bits per heavy atom. The second kappa shape index (κ2) is 3.62. The van der Waals surface area contributed by atoms with Crippen LogP contribution in [-0.2, 0) is 0 Å². The third-order valence-corrected chi connectivity index (χ3v) is 3.61. The third-order valence-electron chi connectivity index (χ3n) is 3.39. The van der Waals surface area contributed by atoms with E-state index in [2.05, 4.69) is 22.4 Å². The van der Waals surface area contributed by atoms with Gasteiger partial charge in [-0.15, -0.1) is 0 Å². The van der Waals surface area contributed by atoms with Crippen LogP contribution in [0.2, 0.25) is 5.15 Å². The summed E-state index contributed by atoms with van der Waals surface area (Å²) in [6.07, 6.45) is 6.71. The number of pyridine rings is 1. The van der Waals surface area contributed by atoms with Gasteiger partial charge in [-0.2, -0.15) is 0 Å². The molecule has 2 unspecified atom stereocenters. The molecule has 15 heavy (non-hydrogen) atoms. The quantitative estimate of drug-likeness (QED) is 0.736. The number of hydrogen-bond donors (Lipinski definition) is 1. The Bertz CT molecular complexity index is 397. The average molecular weight is 221 g/mol. The topological polar surface area (TPSA) is 24.9 Å². The van der Waals surface area contributed by atoms with Crippen LogP contribution in [0.4, 0.5) is 0 Å². The number of fused-ring (bicyclic) bond motifs is 1. The van der Waals surface area contributed by atoms with Crippen molar-refractivity contribution in [2.75, 3.05) is 6.54 Å². The Morgan fingerprint density at radius 3 is 3.13 bits per heavy atom. The molecule has 0 radical (unpaired) electrons. The van der Waals surface area contributed by atoms with Gasteiger partial charge in [0.05, 0.1) is 0 Å². The Hall–Kier alpha value is -0.860. The first-order valence-electron chi connectivity index (χ1n) is 5.40. The summed E-state index contributed by atoms with van der Waals surface area (Å²) in [5.74, 6) is 0.802. The first-order valence-corrected chi connectivity index (χ1v) is 5.78. The van der Waals surface area contributed by atoms with Gasteiger partial charge in [0.15, 0.2) is 0 Å². The van der Waals surface area contributed by atoms with E-state index in [9.17, 15) is 0 Å². The highest BCUT2D eigenvalue weighted by Crippen LogP contribution is 2.37. The first-order chi connectivity index (χ1) is 7.34. The van der Waals surface area contributed by atoms with Crippen LogP contribution < -0.4 is 5.32 Å². The van der Waals surface area contributed by atoms with Crippen LogP contribution in [0.1, 0.15) is 18.4 Å². The number of allylic oxidation sites excluding steroid dienone is 1. The van der Waals surface area contributed by atoms with Crippen molar-refractivity contribution in [2.45, 2.75) is 18.9 Å². The molecule has 0 spiro atoms. The smallest absolute Gasteiger partial charge is 0.129 e. The van der Waals surface area contributed by atoms with Gasteiger partial charge in [-0.1, -0.05) is 23.7 Å². The normalized spacial score (nSPS) is 29.0. The van der Waals surface area contributed by atoms with E-state index < -0.39 is 0 Å². The standard InChI is InChI=1S/C12H13ClN2/c13-11-4-2-9(7-15-11)10-3-1-8-5-6-14-12(8)10/h2-4,7-8,12,14H,1,5-6H2. The predicted octanol–water partition coefficient (Wildman–Crippen LogP) is 2.50. The summed E-state index contributed by atoms with van der Waals surface area (Å²) in [6, 6.07) is 4.47. The van der Waals surface area contributed by atoms with E-state index in [0.29, 0.717) is 11.2 Å². The summed E-state index contributed by atoms with van der Waals surface area (Å²) < 4.78 is 0. The van der Waals surface area contributed by atoms with Gasteiger partial charge in [0.25, 0.3) is 0 Å². The molecule has 2 nitrogen and oxygen atoms in total. The lowest BCUT2D eigenvalue weighted by Crippen LogP contribution is -2.24. The van der Waals surface area contributed by atoms with Crippen LogP contribution in [0.25, 0.3) is 5.57 Å². The van der Waals surface area contributed by atoms with Crippen molar-refractivity contribution in [3.05, 3.63) is 35.1 Å². The van der Waals surface area contributed by atoms with Gasteiger partial charge in [-0.25, -0.2) is 4.98 Å². The molecular weight excluding hydrogens is 208 g/mol. The van der Waals surface area contributed by atoms with Crippen molar-refractivity contribution in [2.24, 2.45) is 5.92 Å². The van der Waals surface area contributed by atoms with Gasteiger partial charge in [-0.05, 0) is 42.5 Å². The molecule has 0 amide bonds. The molecule has 2 heterocycles. The number of aromatic nitrogens is 1. The van der Waals surface area contributed by atoms with E-state index in [0.717, 1.165) is 12.5 Å². The Labute approximate surface area is 94.4 Å². The SMILES string of the molecule is Clc1ccc(C2=CCC3CCNC23)cn1. The van der Waals surface area contributed by atoms with E-state index in [1.165, 1.54) is 24.0 Å². The highest BCUT2D eigenvalue weighted by molar-refractivity contribution is 6.29. The maximum absolute atomic E-state index is 5.78. The van der Waals surface area contributed by atoms with Crippen molar-refractivity contribution in [1.82, 2.24) is 10.3 Å². The third kappa shape index (κ3) is 1.58. The second-order valence-electron chi connectivity index (χ2n) is 4.25. The molecule has 1 aliphatic carbocycles. The zero-order valence-corrected chi connectivity index (χ0v) is 9.17. The fourth-order valence-electron chi connectivity index (χ4n) is 2.62. The maximum atomic E-state index is 5.78. The molecule has 78 valence electrons. The molecule has 1 aromatic heterocycles. The lowest BCUT2D eigenvalue weighted by molar-refractivity contribution is 0.557. The molecule has 2 aliphatic rings. The largest absolute Gasteiger partial charge is 0.310 e. The Kier molecular flexibility index (Phi) is 2.26. The Morgan fingerprint density at radius 1 is 1.40 bits per heavy atom. The summed E-state index contributed by atoms with van der Waals surface area (Å²) in [5.41, 5.74) is 2.61. The predicted molar refractivity (Wildman–Crippen MR) is 61.7 cm³/mol. The summed E-state index contributed by atoms with van der Waals surface area (Å²) in [6.45, 7) is 1.15. The number of rotatable bonds is 1. The minimum atomic E-state index is 0.549. The van der Waals surface area contributed by atoms with Crippen LogP contribution in [0, 0.1) is 5.92 Å². The fraction of sp³-hybridized carbons (Fsp3) is 0.417. The number of nitrogens with one attached hydrogen (secondary N) is 1. The van der Waals surface area contributed by atoms with Gasteiger partial charge in [0.2, 0.25) is 0 Å². The summed E-state index contributed by atoms with van der Waals surface area (Å²) in [7, 11) is 0. The van der Waals surface area contributed by atoms with E-state index in [-0.39, 0.29) is 0 Å². The summed E-state index contributed by atoms with van der Waals surface area (Å²) >= 11 is 5.78. The van der Waals surface area contributed by atoms with E-state index in [1.54, 1.807) is 0 Å². The van der Waals surface area contributed by atoms with Crippen molar-refractivity contribution < 1.29 is 0 Å². The van der Waals surface area contributed by atoms with Gasteiger partial charge in [0.1, 0.15) is 5.15 Å². The summed E-state index contributed by atoms with van der Waals surface area (Å²) in [4.78, 5) is 4.13. The molecule has 2 atom stereocenters. The Balaban J connectivity index is 1.91. The molecule has 1 N–H and O–H groups in total. The molecule has 0 aromatic carbocycles. The highest BCUT2D eigenvalue weighted by Gasteiger charge is 2.33. The average Bonchev–Trinajstić information content (AvgIpc) is 2.80. The van der Waals surface area contributed by atoms with E-state index in [1.807, 2.05) is 12.3 Å². The summed E-state index contributed by atoms with van der Waals surface area (Å²) in [5, 5.41) is 4.12.